The van der Waals surface area contributed by atoms with E-state index in [1.165, 1.54) is 88.0 Å². The van der Waals surface area contributed by atoms with Crippen molar-refractivity contribution < 1.29 is 0 Å². The second-order valence-electron chi connectivity index (χ2n) is 19.7. The van der Waals surface area contributed by atoms with E-state index in [1.54, 1.807) is 0 Å². The number of para-hydroxylation sites is 2. The molecule has 0 saturated heterocycles. The zero-order valence-corrected chi connectivity index (χ0v) is 39.5. The average molecular weight is 885 g/mol. The zero-order chi connectivity index (χ0) is 46.4. The van der Waals surface area contributed by atoms with Crippen molar-refractivity contribution in [1.29, 1.82) is 0 Å². The maximum absolute atomic E-state index is 2.54. The lowest BCUT2D eigenvalue weighted by molar-refractivity contribution is 0.797. The SMILES string of the molecule is CC(C)c1ccc(N(c2ccccc2)c2ccc3cc4c(cc3c2)C2(c3cc5cc(N(c6ccccc6)c6ccc(C(C)C)cc6)ccc5cc3-4)c3ccccc3-c3c2ccc2ccccc32)cc1. The molecule has 11 aromatic carbocycles. The Labute approximate surface area is 405 Å². The van der Waals surface area contributed by atoms with Gasteiger partial charge in [-0.25, -0.2) is 0 Å². The first-order chi connectivity index (χ1) is 33.8. The van der Waals surface area contributed by atoms with Crippen LogP contribution in [0.1, 0.15) is 72.9 Å². The van der Waals surface area contributed by atoms with Crippen LogP contribution in [0.5, 0.6) is 0 Å². The number of anilines is 6. The van der Waals surface area contributed by atoms with Crippen LogP contribution in [0.2, 0.25) is 0 Å². The molecule has 69 heavy (non-hydrogen) atoms. The first-order valence-electron chi connectivity index (χ1n) is 24.5. The van der Waals surface area contributed by atoms with Gasteiger partial charge in [-0.1, -0.05) is 161 Å². The van der Waals surface area contributed by atoms with E-state index < -0.39 is 5.41 Å². The van der Waals surface area contributed by atoms with E-state index in [4.69, 9.17) is 0 Å². The second kappa shape index (κ2) is 16.0. The highest BCUT2D eigenvalue weighted by Crippen LogP contribution is 2.65. The summed E-state index contributed by atoms with van der Waals surface area (Å²) in [5, 5.41) is 7.46. The number of hydrogen-bond acceptors (Lipinski definition) is 2. The molecule has 0 bridgehead atoms. The largest absolute Gasteiger partial charge is 0.310 e. The molecule has 0 unspecified atom stereocenters. The molecule has 0 radical (unpaired) electrons. The lowest BCUT2D eigenvalue weighted by Crippen LogP contribution is -2.26. The van der Waals surface area contributed by atoms with Crippen molar-refractivity contribution in [3.05, 3.63) is 264 Å². The van der Waals surface area contributed by atoms with Crippen molar-refractivity contribution in [2.45, 2.75) is 44.9 Å². The summed E-state index contributed by atoms with van der Waals surface area (Å²) in [6.45, 7) is 9.03. The van der Waals surface area contributed by atoms with Crippen LogP contribution in [-0.4, -0.2) is 0 Å². The smallest absolute Gasteiger partial charge is 0.0726 e. The maximum atomic E-state index is 2.54. The highest BCUT2D eigenvalue weighted by molar-refractivity contribution is 6.09. The fourth-order valence-electron chi connectivity index (χ4n) is 11.8. The molecule has 2 aliphatic rings. The lowest BCUT2D eigenvalue weighted by atomic mass is 9.70. The van der Waals surface area contributed by atoms with Gasteiger partial charge in [0.1, 0.15) is 0 Å². The Morgan fingerprint density at radius 3 is 1.25 bits per heavy atom. The average Bonchev–Trinajstić information content (AvgIpc) is 3.84. The van der Waals surface area contributed by atoms with Gasteiger partial charge in [0.25, 0.3) is 0 Å². The quantitative estimate of drug-likeness (QED) is 0.150. The summed E-state index contributed by atoms with van der Waals surface area (Å²) in [5.41, 5.74) is 19.6. The van der Waals surface area contributed by atoms with Gasteiger partial charge in [-0.3, -0.25) is 0 Å². The molecule has 1 spiro atoms. The number of rotatable bonds is 8. The monoisotopic (exact) mass is 884 g/mol. The van der Waals surface area contributed by atoms with Crippen LogP contribution in [0.15, 0.2) is 231 Å². The standard InChI is InChI=1S/C67H52N2/c1-43(2)45-23-30-54(31-24-45)68(52-16-7-5-8-17-52)56-34-27-48-39-60-61-40-49-28-35-57(69(53-18-9-6-10-19-53)55-32-25-46(26-33-55)44(3)4)38-51(49)42-65(61)67(64(60)41-50(48)37-56)62-22-14-13-21-59(62)66-58-20-12-11-15-47(58)29-36-63(66)67/h5-44H,1-4H3. The molecule has 0 heterocycles. The van der Waals surface area contributed by atoms with Crippen molar-refractivity contribution in [3.63, 3.8) is 0 Å². The first kappa shape index (κ1) is 41.0. The summed E-state index contributed by atoms with van der Waals surface area (Å²) in [6.07, 6.45) is 0. The van der Waals surface area contributed by atoms with Gasteiger partial charge in [0.2, 0.25) is 0 Å². The minimum Gasteiger partial charge on any atom is -0.310 e. The molecule has 0 atom stereocenters. The van der Waals surface area contributed by atoms with Gasteiger partial charge in [-0.05, 0) is 197 Å². The molecule has 0 N–H and O–H groups in total. The summed E-state index contributed by atoms with van der Waals surface area (Å²) in [5.74, 6) is 0.923. The van der Waals surface area contributed by atoms with E-state index in [2.05, 4.69) is 268 Å². The molecule has 2 heteroatoms. The molecule has 13 rings (SSSR count). The number of benzene rings is 11. The van der Waals surface area contributed by atoms with Crippen molar-refractivity contribution in [2.24, 2.45) is 0 Å². The van der Waals surface area contributed by atoms with Gasteiger partial charge >= 0.3 is 0 Å². The van der Waals surface area contributed by atoms with E-state index in [0.29, 0.717) is 11.8 Å². The number of fused-ring (bicyclic) bond motifs is 14. The van der Waals surface area contributed by atoms with Gasteiger partial charge in [0.15, 0.2) is 0 Å². The Morgan fingerprint density at radius 2 is 0.725 bits per heavy atom. The summed E-state index contributed by atoms with van der Waals surface area (Å²) in [4.78, 5) is 4.80. The first-order valence-corrected chi connectivity index (χ1v) is 24.5. The molecule has 0 fully saturated rings. The summed E-state index contributed by atoms with van der Waals surface area (Å²) in [6, 6.07) is 86.8. The fraction of sp³-hybridized carbons (Fsp3) is 0.104. The van der Waals surface area contributed by atoms with Crippen molar-refractivity contribution in [2.75, 3.05) is 9.80 Å². The van der Waals surface area contributed by atoms with E-state index in [9.17, 15) is 0 Å². The van der Waals surface area contributed by atoms with Gasteiger partial charge in [-0.2, -0.15) is 0 Å². The van der Waals surface area contributed by atoms with Crippen LogP contribution >= 0.6 is 0 Å². The molecular weight excluding hydrogens is 833 g/mol. The van der Waals surface area contributed by atoms with E-state index in [1.807, 2.05) is 0 Å². The number of hydrogen-bond donors (Lipinski definition) is 0. The molecule has 0 aromatic heterocycles. The van der Waals surface area contributed by atoms with E-state index >= 15 is 0 Å². The van der Waals surface area contributed by atoms with Crippen molar-refractivity contribution in [1.82, 2.24) is 0 Å². The third kappa shape index (κ3) is 6.39. The van der Waals surface area contributed by atoms with E-state index in [0.717, 1.165) is 34.1 Å². The van der Waals surface area contributed by atoms with Crippen molar-refractivity contribution >= 4 is 66.4 Å². The molecule has 11 aromatic rings. The normalized spacial score (nSPS) is 13.0. The van der Waals surface area contributed by atoms with Gasteiger partial charge in [0.05, 0.1) is 5.41 Å². The minimum absolute atomic E-state index is 0.462. The third-order valence-corrected chi connectivity index (χ3v) is 15.1. The Bertz CT molecular complexity index is 3590. The van der Waals surface area contributed by atoms with Crippen LogP contribution in [0.4, 0.5) is 34.1 Å². The molecule has 0 amide bonds. The molecule has 330 valence electrons. The van der Waals surface area contributed by atoms with Crippen LogP contribution in [0.25, 0.3) is 54.6 Å². The predicted octanol–water partition coefficient (Wildman–Crippen LogP) is 18.7. The van der Waals surface area contributed by atoms with E-state index in [-0.39, 0.29) is 0 Å². The highest BCUT2D eigenvalue weighted by atomic mass is 15.1. The van der Waals surface area contributed by atoms with Crippen LogP contribution < -0.4 is 9.80 Å². The zero-order valence-electron chi connectivity index (χ0n) is 39.5. The van der Waals surface area contributed by atoms with Gasteiger partial charge < -0.3 is 9.80 Å². The highest BCUT2D eigenvalue weighted by Gasteiger charge is 2.52. The third-order valence-electron chi connectivity index (χ3n) is 15.1. The van der Waals surface area contributed by atoms with Crippen LogP contribution in [0, 0.1) is 0 Å². The Balaban J connectivity index is 1.05. The molecular formula is C67H52N2. The van der Waals surface area contributed by atoms with Crippen molar-refractivity contribution in [3.8, 4) is 22.3 Å². The second-order valence-corrected chi connectivity index (χ2v) is 19.7. The van der Waals surface area contributed by atoms with Crippen LogP contribution in [0.3, 0.4) is 0 Å². The molecule has 0 saturated carbocycles. The van der Waals surface area contributed by atoms with Gasteiger partial charge in [0, 0.05) is 34.1 Å². The molecule has 2 aliphatic carbocycles. The van der Waals surface area contributed by atoms with Gasteiger partial charge in [-0.15, -0.1) is 0 Å². The number of nitrogens with zero attached hydrogens (tertiary/aromatic N) is 2. The van der Waals surface area contributed by atoms with Crippen LogP contribution in [-0.2, 0) is 5.41 Å². The summed E-state index contributed by atoms with van der Waals surface area (Å²) >= 11 is 0. The lowest BCUT2D eigenvalue weighted by Gasteiger charge is -2.31. The topological polar surface area (TPSA) is 6.48 Å². The fourth-order valence-corrected chi connectivity index (χ4v) is 11.8. The summed E-state index contributed by atoms with van der Waals surface area (Å²) in [7, 11) is 0. The Hall–Kier alpha value is -8.20. The maximum Gasteiger partial charge on any atom is 0.0726 e. The molecule has 0 aliphatic heterocycles. The molecule has 2 nitrogen and oxygen atoms in total. The Morgan fingerprint density at radius 1 is 0.290 bits per heavy atom. The predicted molar refractivity (Wildman–Crippen MR) is 293 cm³/mol. The minimum atomic E-state index is -0.549. The summed E-state index contributed by atoms with van der Waals surface area (Å²) < 4.78 is 0. The Kier molecular flexibility index (Phi) is 9.49.